The number of likely N-dealkylation sites (tertiary alicyclic amines) is 1. The summed E-state index contributed by atoms with van der Waals surface area (Å²) in [6.45, 7) is 3.37. The minimum absolute atomic E-state index is 0.0488. The Balaban J connectivity index is 1.83. The molecule has 5 nitrogen and oxygen atoms in total. The zero-order valence-corrected chi connectivity index (χ0v) is 11.7. The number of hydrogen-bond acceptors (Lipinski definition) is 3. The average molecular weight is 273 g/mol. The molecule has 2 aliphatic rings. The molecular weight excluding hydrogens is 254 g/mol. The highest BCUT2D eigenvalue weighted by Crippen LogP contribution is 2.29. The molecule has 2 amide bonds. The van der Waals surface area contributed by atoms with Crippen molar-refractivity contribution in [3.63, 3.8) is 0 Å². The average Bonchev–Trinajstić information content (AvgIpc) is 3.06. The van der Waals surface area contributed by atoms with Crippen LogP contribution in [0.2, 0.25) is 0 Å². The van der Waals surface area contributed by atoms with Crippen LogP contribution < -0.4 is 4.90 Å². The number of carbonyl (C=O) groups excluding carboxylic acids is 2. The quantitative estimate of drug-likeness (QED) is 0.836. The van der Waals surface area contributed by atoms with Crippen LogP contribution in [0.15, 0.2) is 18.5 Å². The van der Waals surface area contributed by atoms with Gasteiger partial charge in [-0.25, -0.2) is 0 Å². The molecule has 3 rings (SSSR count). The minimum Gasteiger partial charge on any atom is -0.331 e. The van der Waals surface area contributed by atoms with Crippen molar-refractivity contribution in [3.8, 4) is 0 Å². The summed E-state index contributed by atoms with van der Waals surface area (Å²) in [5.74, 6) is 0.159. The Morgan fingerprint density at radius 1 is 1.40 bits per heavy atom. The summed E-state index contributed by atoms with van der Waals surface area (Å²) in [6, 6.07) is 1.57. The van der Waals surface area contributed by atoms with Gasteiger partial charge in [-0.1, -0.05) is 6.92 Å². The predicted octanol–water partition coefficient (Wildman–Crippen LogP) is 1.37. The lowest BCUT2D eigenvalue weighted by atomic mass is 10.1. The van der Waals surface area contributed by atoms with Gasteiger partial charge in [0, 0.05) is 31.9 Å². The Morgan fingerprint density at radius 2 is 2.25 bits per heavy atom. The monoisotopic (exact) mass is 273 g/mol. The number of amides is 2. The molecule has 0 aliphatic carbocycles. The van der Waals surface area contributed by atoms with Gasteiger partial charge in [-0.15, -0.1) is 0 Å². The van der Waals surface area contributed by atoms with E-state index in [0.717, 1.165) is 24.1 Å². The summed E-state index contributed by atoms with van der Waals surface area (Å²) < 4.78 is 0. The summed E-state index contributed by atoms with van der Waals surface area (Å²) in [7, 11) is 0. The number of hydrogen-bond donors (Lipinski definition) is 0. The van der Waals surface area contributed by atoms with Gasteiger partial charge in [-0.2, -0.15) is 0 Å². The third-order valence-electron chi connectivity index (χ3n) is 4.20. The highest BCUT2D eigenvalue weighted by atomic mass is 16.2. The van der Waals surface area contributed by atoms with Crippen molar-refractivity contribution in [2.45, 2.75) is 38.6 Å². The fraction of sp³-hybridized carbons (Fsp3) is 0.533. The predicted molar refractivity (Wildman–Crippen MR) is 75.3 cm³/mol. The van der Waals surface area contributed by atoms with Crippen molar-refractivity contribution in [2.24, 2.45) is 0 Å². The third-order valence-corrected chi connectivity index (χ3v) is 4.20. The molecule has 1 unspecified atom stereocenters. The zero-order chi connectivity index (χ0) is 14.1. The van der Waals surface area contributed by atoms with Gasteiger partial charge in [0.25, 0.3) is 0 Å². The molecule has 0 bridgehead atoms. The van der Waals surface area contributed by atoms with Gasteiger partial charge >= 0.3 is 0 Å². The molecule has 0 N–H and O–H groups in total. The summed E-state index contributed by atoms with van der Waals surface area (Å²) in [5.41, 5.74) is 2.07. The first kappa shape index (κ1) is 13.1. The van der Waals surface area contributed by atoms with Crippen LogP contribution in [-0.4, -0.2) is 40.8 Å². The van der Waals surface area contributed by atoms with Crippen molar-refractivity contribution >= 4 is 17.5 Å². The molecule has 0 aromatic carbocycles. The Morgan fingerprint density at radius 3 is 2.95 bits per heavy atom. The van der Waals surface area contributed by atoms with E-state index in [1.807, 2.05) is 24.1 Å². The number of fused-ring (bicyclic) bond motifs is 1. The number of nitrogens with zero attached hydrogens (tertiary/aromatic N) is 3. The first-order valence-corrected chi connectivity index (χ1v) is 7.26. The minimum atomic E-state index is -0.316. The van der Waals surface area contributed by atoms with E-state index in [-0.39, 0.29) is 17.9 Å². The summed E-state index contributed by atoms with van der Waals surface area (Å²) >= 11 is 0. The van der Waals surface area contributed by atoms with Gasteiger partial charge < -0.3 is 9.80 Å². The molecule has 1 aromatic rings. The Bertz CT molecular complexity index is 544. The van der Waals surface area contributed by atoms with E-state index in [2.05, 4.69) is 4.98 Å². The van der Waals surface area contributed by atoms with Crippen LogP contribution in [0.5, 0.6) is 0 Å². The van der Waals surface area contributed by atoms with Crippen LogP contribution in [0.1, 0.15) is 31.7 Å². The zero-order valence-electron chi connectivity index (χ0n) is 11.7. The first-order valence-electron chi connectivity index (χ1n) is 7.26. The lowest BCUT2D eigenvalue weighted by molar-refractivity contribution is -0.136. The number of pyridine rings is 1. The van der Waals surface area contributed by atoms with E-state index in [4.69, 9.17) is 0 Å². The fourth-order valence-electron chi connectivity index (χ4n) is 3.16. The summed E-state index contributed by atoms with van der Waals surface area (Å²) in [4.78, 5) is 32.3. The first-order chi connectivity index (χ1) is 9.72. The largest absolute Gasteiger partial charge is 0.331 e. The third kappa shape index (κ3) is 2.07. The molecule has 0 spiro atoms. The Hall–Kier alpha value is -1.91. The lowest BCUT2D eigenvalue weighted by Gasteiger charge is -2.30. The number of anilines is 1. The van der Waals surface area contributed by atoms with Crippen molar-refractivity contribution in [2.75, 3.05) is 18.0 Å². The molecule has 0 saturated carbocycles. The van der Waals surface area contributed by atoms with Crippen LogP contribution >= 0.6 is 0 Å². The fourth-order valence-corrected chi connectivity index (χ4v) is 3.16. The lowest BCUT2D eigenvalue weighted by Crippen LogP contribution is -2.48. The molecule has 5 heteroatoms. The van der Waals surface area contributed by atoms with Crippen molar-refractivity contribution < 1.29 is 9.59 Å². The van der Waals surface area contributed by atoms with E-state index < -0.39 is 0 Å². The number of carbonyl (C=O) groups is 2. The molecule has 1 saturated heterocycles. The van der Waals surface area contributed by atoms with Gasteiger partial charge in [0.2, 0.25) is 11.8 Å². The van der Waals surface area contributed by atoms with Crippen molar-refractivity contribution in [1.82, 2.24) is 9.88 Å². The maximum Gasteiger partial charge on any atom is 0.249 e. The molecule has 3 heterocycles. The molecule has 20 heavy (non-hydrogen) atoms. The van der Waals surface area contributed by atoms with Crippen LogP contribution in [0.25, 0.3) is 0 Å². The molecule has 0 radical (unpaired) electrons. The van der Waals surface area contributed by atoms with E-state index in [1.165, 1.54) is 0 Å². The molecule has 1 aromatic heterocycles. The summed E-state index contributed by atoms with van der Waals surface area (Å²) in [5, 5.41) is 0. The molecule has 2 aliphatic heterocycles. The van der Waals surface area contributed by atoms with Crippen LogP contribution in [-0.2, 0) is 16.0 Å². The van der Waals surface area contributed by atoms with Crippen LogP contribution in [0.3, 0.4) is 0 Å². The maximum absolute atomic E-state index is 12.8. The highest BCUT2D eigenvalue weighted by molar-refractivity contribution is 6.00. The Kier molecular flexibility index (Phi) is 3.42. The smallest absolute Gasteiger partial charge is 0.249 e. The second-order valence-electron chi connectivity index (χ2n) is 5.36. The molecule has 1 fully saturated rings. The highest BCUT2D eigenvalue weighted by Gasteiger charge is 2.36. The molecular formula is C15H19N3O2. The van der Waals surface area contributed by atoms with Crippen molar-refractivity contribution in [3.05, 3.63) is 24.0 Å². The van der Waals surface area contributed by atoms with Gasteiger partial charge in [0.15, 0.2) is 0 Å². The van der Waals surface area contributed by atoms with E-state index in [9.17, 15) is 9.59 Å². The van der Waals surface area contributed by atoms with Crippen LogP contribution in [0.4, 0.5) is 5.69 Å². The second-order valence-corrected chi connectivity index (χ2v) is 5.36. The van der Waals surface area contributed by atoms with E-state index in [0.29, 0.717) is 25.9 Å². The normalized spacial score (nSPS) is 19.4. The SMILES string of the molecule is CCC(C(=O)N1CCc2cnccc21)N1CCCC1=O. The van der Waals surface area contributed by atoms with Gasteiger partial charge in [0.1, 0.15) is 6.04 Å². The van der Waals surface area contributed by atoms with Gasteiger partial charge in [-0.05, 0) is 30.9 Å². The second kappa shape index (κ2) is 5.23. The number of aromatic nitrogens is 1. The Labute approximate surface area is 118 Å². The van der Waals surface area contributed by atoms with Crippen LogP contribution in [0, 0.1) is 0 Å². The maximum atomic E-state index is 12.8. The van der Waals surface area contributed by atoms with Crippen molar-refractivity contribution in [1.29, 1.82) is 0 Å². The van der Waals surface area contributed by atoms with Gasteiger partial charge in [-0.3, -0.25) is 14.6 Å². The van der Waals surface area contributed by atoms with E-state index in [1.54, 1.807) is 11.1 Å². The standard InChI is InChI=1S/C15H19N3O2/c1-2-12(17-8-3-4-14(17)19)15(20)18-9-6-11-10-16-7-5-13(11)18/h5,7,10,12H,2-4,6,8-9H2,1H3. The molecule has 106 valence electrons. The molecule has 1 atom stereocenters. The topological polar surface area (TPSA) is 53.5 Å². The van der Waals surface area contributed by atoms with E-state index >= 15 is 0 Å². The summed E-state index contributed by atoms with van der Waals surface area (Å²) in [6.07, 6.45) is 6.49. The van der Waals surface area contributed by atoms with Gasteiger partial charge in [0.05, 0.1) is 5.69 Å². The number of rotatable bonds is 3.